The molecule has 0 saturated heterocycles. The number of amides is 2. The van der Waals surface area contributed by atoms with Gasteiger partial charge in [0.2, 0.25) is 0 Å². The van der Waals surface area contributed by atoms with Gasteiger partial charge in [-0.25, -0.2) is 4.39 Å². The molecule has 0 aliphatic heterocycles. The summed E-state index contributed by atoms with van der Waals surface area (Å²) in [6, 6.07) is 14.3. The molecule has 0 saturated carbocycles. The van der Waals surface area contributed by atoms with E-state index in [4.69, 9.17) is 0 Å². The van der Waals surface area contributed by atoms with Gasteiger partial charge in [0, 0.05) is 5.56 Å². The van der Waals surface area contributed by atoms with Crippen LogP contribution in [0.1, 0.15) is 10.4 Å². The molecule has 3 N–H and O–H groups in total. The zero-order chi connectivity index (χ0) is 15.1. The van der Waals surface area contributed by atoms with Crippen molar-refractivity contribution in [1.29, 1.82) is 0 Å². The van der Waals surface area contributed by atoms with Crippen molar-refractivity contribution in [1.82, 2.24) is 10.7 Å². The van der Waals surface area contributed by atoms with Crippen LogP contribution >= 0.6 is 0 Å². The highest BCUT2D eigenvalue weighted by Crippen LogP contribution is 2.03. The zero-order valence-corrected chi connectivity index (χ0v) is 11.1. The standard InChI is InChI=1S/C15H14FN3O2/c16-12-6-4-5-11(9-12)15(21)17-10-14(20)19-18-13-7-2-1-3-8-13/h1-9,18H,10H2,(H,17,21)(H,19,20). The Balaban J connectivity index is 1.77. The lowest BCUT2D eigenvalue weighted by atomic mass is 10.2. The first kappa shape index (κ1) is 14.5. The topological polar surface area (TPSA) is 70.2 Å². The summed E-state index contributed by atoms with van der Waals surface area (Å²) >= 11 is 0. The van der Waals surface area contributed by atoms with Gasteiger partial charge in [0.15, 0.2) is 0 Å². The maximum absolute atomic E-state index is 13.0. The Kier molecular flexibility index (Phi) is 4.87. The van der Waals surface area contributed by atoms with E-state index in [0.29, 0.717) is 0 Å². The first-order chi connectivity index (χ1) is 10.1. The number of hydrazine groups is 1. The van der Waals surface area contributed by atoms with Gasteiger partial charge >= 0.3 is 0 Å². The monoisotopic (exact) mass is 287 g/mol. The van der Waals surface area contributed by atoms with Crippen LogP contribution in [0.2, 0.25) is 0 Å². The summed E-state index contributed by atoms with van der Waals surface area (Å²) in [5.41, 5.74) is 6.04. The van der Waals surface area contributed by atoms with Crippen LogP contribution in [0.3, 0.4) is 0 Å². The summed E-state index contributed by atoms with van der Waals surface area (Å²) < 4.78 is 13.0. The molecule has 2 aromatic rings. The van der Waals surface area contributed by atoms with Crippen LogP contribution < -0.4 is 16.2 Å². The fourth-order valence-electron chi connectivity index (χ4n) is 1.60. The van der Waals surface area contributed by atoms with E-state index in [1.807, 2.05) is 18.2 Å². The minimum absolute atomic E-state index is 0.166. The smallest absolute Gasteiger partial charge is 0.257 e. The van der Waals surface area contributed by atoms with Crippen molar-refractivity contribution in [2.45, 2.75) is 0 Å². The van der Waals surface area contributed by atoms with Gasteiger partial charge in [-0.05, 0) is 30.3 Å². The Morgan fingerprint density at radius 1 is 1.00 bits per heavy atom. The van der Waals surface area contributed by atoms with Crippen LogP contribution in [-0.2, 0) is 4.79 Å². The first-order valence-corrected chi connectivity index (χ1v) is 6.29. The Morgan fingerprint density at radius 2 is 1.76 bits per heavy atom. The Labute approximate surface area is 121 Å². The molecule has 0 bridgehead atoms. The number of hydrogen-bond acceptors (Lipinski definition) is 3. The predicted molar refractivity (Wildman–Crippen MR) is 76.9 cm³/mol. The third-order valence-corrected chi connectivity index (χ3v) is 2.62. The van der Waals surface area contributed by atoms with Gasteiger partial charge in [-0.15, -0.1) is 0 Å². The molecule has 0 aliphatic carbocycles. The van der Waals surface area contributed by atoms with E-state index in [1.54, 1.807) is 12.1 Å². The minimum Gasteiger partial charge on any atom is -0.343 e. The fraction of sp³-hybridized carbons (Fsp3) is 0.0667. The molecule has 0 spiro atoms. The van der Waals surface area contributed by atoms with Crippen molar-refractivity contribution < 1.29 is 14.0 Å². The molecule has 6 heteroatoms. The molecule has 0 aromatic heterocycles. The Morgan fingerprint density at radius 3 is 2.48 bits per heavy atom. The van der Waals surface area contributed by atoms with E-state index in [-0.39, 0.29) is 12.1 Å². The molecule has 2 aromatic carbocycles. The van der Waals surface area contributed by atoms with E-state index < -0.39 is 17.6 Å². The van der Waals surface area contributed by atoms with Crippen molar-refractivity contribution in [2.24, 2.45) is 0 Å². The molecular weight excluding hydrogens is 273 g/mol. The molecule has 0 radical (unpaired) electrons. The molecule has 0 heterocycles. The lowest BCUT2D eigenvalue weighted by Crippen LogP contribution is -2.39. The molecular formula is C15H14FN3O2. The second kappa shape index (κ2) is 7.04. The average molecular weight is 287 g/mol. The maximum Gasteiger partial charge on any atom is 0.257 e. The zero-order valence-electron chi connectivity index (χ0n) is 11.1. The number of anilines is 1. The summed E-state index contributed by atoms with van der Waals surface area (Å²) in [6.45, 7) is -0.213. The quantitative estimate of drug-likeness (QED) is 0.733. The van der Waals surface area contributed by atoms with Gasteiger partial charge < -0.3 is 5.32 Å². The lowest BCUT2D eigenvalue weighted by molar-refractivity contribution is -0.119. The van der Waals surface area contributed by atoms with Crippen LogP contribution in [0.25, 0.3) is 0 Å². The molecule has 0 unspecified atom stereocenters. The lowest BCUT2D eigenvalue weighted by Gasteiger charge is -2.09. The largest absolute Gasteiger partial charge is 0.343 e. The summed E-state index contributed by atoms with van der Waals surface area (Å²) in [5, 5.41) is 2.40. The predicted octanol–water partition coefficient (Wildman–Crippen LogP) is 1.70. The molecule has 0 aliphatic rings. The summed E-state index contributed by atoms with van der Waals surface area (Å²) in [4.78, 5) is 23.3. The van der Waals surface area contributed by atoms with Gasteiger partial charge in [0.05, 0.1) is 12.2 Å². The van der Waals surface area contributed by atoms with E-state index in [2.05, 4.69) is 16.2 Å². The molecule has 2 amide bonds. The van der Waals surface area contributed by atoms with Crippen LogP contribution in [0.4, 0.5) is 10.1 Å². The average Bonchev–Trinajstić information content (AvgIpc) is 2.51. The van der Waals surface area contributed by atoms with Crippen molar-refractivity contribution in [3.63, 3.8) is 0 Å². The summed E-state index contributed by atoms with van der Waals surface area (Å²) in [6.07, 6.45) is 0. The second-order valence-electron chi connectivity index (χ2n) is 4.23. The van der Waals surface area contributed by atoms with E-state index >= 15 is 0 Å². The van der Waals surface area contributed by atoms with Crippen LogP contribution in [0.15, 0.2) is 54.6 Å². The number of carbonyl (C=O) groups excluding carboxylic acids is 2. The molecule has 5 nitrogen and oxygen atoms in total. The summed E-state index contributed by atoms with van der Waals surface area (Å²) in [7, 11) is 0. The van der Waals surface area contributed by atoms with Crippen molar-refractivity contribution in [3.8, 4) is 0 Å². The number of benzene rings is 2. The number of hydrogen-bond donors (Lipinski definition) is 3. The molecule has 2 rings (SSSR count). The SMILES string of the molecule is O=C(CNC(=O)c1cccc(F)c1)NNc1ccccc1. The highest BCUT2D eigenvalue weighted by Gasteiger charge is 2.08. The fourth-order valence-corrected chi connectivity index (χ4v) is 1.60. The van der Waals surface area contributed by atoms with Crippen molar-refractivity contribution in [2.75, 3.05) is 12.0 Å². The highest BCUT2D eigenvalue weighted by atomic mass is 19.1. The molecule has 0 fully saturated rings. The molecule has 0 atom stereocenters. The van der Waals surface area contributed by atoms with E-state index in [9.17, 15) is 14.0 Å². The van der Waals surface area contributed by atoms with Crippen LogP contribution in [-0.4, -0.2) is 18.4 Å². The van der Waals surface area contributed by atoms with E-state index in [1.165, 1.54) is 18.2 Å². The minimum atomic E-state index is -0.510. The maximum atomic E-state index is 13.0. The normalized spacial score (nSPS) is 9.76. The second-order valence-corrected chi connectivity index (χ2v) is 4.23. The molecule has 108 valence electrons. The third-order valence-electron chi connectivity index (χ3n) is 2.62. The number of halogens is 1. The van der Waals surface area contributed by atoms with Crippen molar-refractivity contribution >= 4 is 17.5 Å². The molecule has 21 heavy (non-hydrogen) atoms. The summed E-state index contributed by atoms with van der Waals surface area (Å²) in [5.74, 6) is -1.43. The number of carbonyl (C=O) groups is 2. The number of para-hydroxylation sites is 1. The van der Waals surface area contributed by atoms with Gasteiger partial charge in [-0.3, -0.25) is 20.4 Å². The van der Waals surface area contributed by atoms with Gasteiger partial charge in [0.1, 0.15) is 5.82 Å². The highest BCUT2D eigenvalue weighted by molar-refractivity contribution is 5.96. The van der Waals surface area contributed by atoms with E-state index in [0.717, 1.165) is 11.8 Å². The van der Waals surface area contributed by atoms with Crippen LogP contribution in [0, 0.1) is 5.82 Å². The van der Waals surface area contributed by atoms with Gasteiger partial charge in [-0.2, -0.15) is 0 Å². The van der Waals surface area contributed by atoms with Gasteiger partial charge in [-0.1, -0.05) is 24.3 Å². The Bertz CT molecular complexity index is 632. The Hall–Kier alpha value is -2.89. The van der Waals surface area contributed by atoms with Crippen molar-refractivity contribution in [3.05, 3.63) is 66.0 Å². The van der Waals surface area contributed by atoms with Gasteiger partial charge in [0.25, 0.3) is 11.8 Å². The number of nitrogens with one attached hydrogen (secondary N) is 3. The van der Waals surface area contributed by atoms with Crippen LogP contribution in [0.5, 0.6) is 0 Å². The third kappa shape index (κ3) is 4.61. The first-order valence-electron chi connectivity index (χ1n) is 6.29. The number of rotatable bonds is 5.